The van der Waals surface area contributed by atoms with Crippen LogP contribution in [0.4, 0.5) is 4.39 Å². The van der Waals surface area contributed by atoms with E-state index in [1.165, 1.54) is 6.07 Å². The van der Waals surface area contributed by atoms with Gasteiger partial charge in [0, 0.05) is 18.5 Å². The standard InChI is InChI=1S/C12H14Cl2FN/c13-7-10-4-2-6-16(10)8-9-3-1-5-11(15)12(9)14/h1,3,5,10H,2,4,6-8H2. The zero-order chi connectivity index (χ0) is 11.5. The van der Waals surface area contributed by atoms with Crippen LogP contribution in [0.5, 0.6) is 0 Å². The van der Waals surface area contributed by atoms with Crippen LogP contribution in [-0.2, 0) is 6.54 Å². The predicted octanol–water partition coefficient (Wildman–Crippen LogP) is 3.68. The third-order valence-corrected chi connectivity index (χ3v) is 3.86. The summed E-state index contributed by atoms with van der Waals surface area (Å²) < 4.78 is 13.3. The number of hydrogen-bond donors (Lipinski definition) is 0. The lowest BCUT2D eigenvalue weighted by Gasteiger charge is -2.23. The van der Waals surface area contributed by atoms with Gasteiger partial charge in [-0.15, -0.1) is 11.6 Å². The molecule has 1 aromatic rings. The average Bonchev–Trinajstić information content (AvgIpc) is 2.72. The largest absolute Gasteiger partial charge is 0.295 e. The summed E-state index contributed by atoms with van der Waals surface area (Å²) in [5.74, 6) is 0.285. The van der Waals surface area contributed by atoms with E-state index in [9.17, 15) is 4.39 Å². The van der Waals surface area contributed by atoms with Crippen molar-refractivity contribution in [1.82, 2.24) is 4.90 Å². The summed E-state index contributed by atoms with van der Waals surface area (Å²) in [5, 5.41) is 0.239. The van der Waals surface area contributed by atoms with Crippen LogP contribution in [0.25, 0.3) is 0 Å². The van der Waals surface area contributed by atoms with Gasteiger partial charge in [-0.2, -0.15) is 0 Å². The fourth-order valence-electron chi connectivity index (χ4n) is 2.17. The van der Waals surface area contributed by atoms with Gasteiger partial charge in [0.25, 0.3) is 0 Å². The Morgan fingerprint density at radius 3 is 3.00 bits per heavy atom. The summed E-state index contributed by atoms with van der Waals surface area (Å²) in [5.41, 5.74) is 0.846. The zero-order valence-corrected chi connectivity index (χ0v) is 10.4. The molecule has 0 spiro atoms. The second-order valence-electron chi connectivity index (χ2n) is 4.13. The highest BCUT2D eigenvalue weighted by atomic mass is 35.5. The van der Waals surface area contributed by atoms with Crippen molar-refractivity contribution in [1.29, 1.82) is 0 Å². The van der Waals surface area contributed by atoms with Crippen LogP contribution < -0.4 is 0 Å². The minimum absolute atomic E-state index is 0.239. The highest BCUT2D eigenvalue weighted by Gasteiger charge is 2.24. The predicted molar refractivity (Wildman–Crippen MR) is 65.6 cm³/mol. The Kier molecular flexibility index (Phi) is 4.06. The summed E-state index contributed by atoms with van der Waals surface area (Å²) in [6.07, 6.45) is 2.28. The van der Waals surface area contributed by atoms with Gasteiger partial charge in [-0.1, -0.05) is 23.7 Å². The number of hydrogen-bond acceptors (Lipinski definition) is 1. The van der Waals surface area contributed by atoms with Gasteiger partial charge in [0.15, 0.2) is 0 Å². The lowest BCUT2D eigenvalue weighted by atomic mass is 10.2. The first-order valence-corrected chi connectivity index (χ1v) is 6.36. The van der Waals surface area contributed by atoms with Gasteiger partial charge >= 0.3 is 0 Å². The zero-order valence-electron chi connectivity index (χ0n) is 8.93. The molecule has 16 heavy (non-hydrogen) atoms. The maximum Gasteiger partial charge on any atom is 0.142 e. The van der Waals surface area contributed by atoms with Crippen LogP contribution in [0.3, 0.4) is 0 Å². The Balaban J connectivity index is 2.11. The topological polar surface area (TPSA) is 3.24 Å². The van der Waals surface area contributed by atoms with E-state index < -0.39 is 0 Å². The first-order chi connectivity index (χ1) is 7.72. The van der Waals surface area contributed by atoms with Crippen molar-refractivity contribution >= 4 is 23.2 Å². The molecule has 4 heteroatoms. The highest BCUT2D eigenvalue weighted by molar-refractivity contribution is 6.31. The normalized spacial score (nSPS) is 21.6. The van der Waals surface area contributed by atoms with Gasteiger partial charge in [-0.25, -0.2) is 4.39 Å². The molecule has 0 aromatic heterocycles. The maximum absolute atomic E-state index is 13.3. The molecular formula is C12H14Cl2FN. The number of alkyl halides is 1. The lowest BCUT2D eigenvalue weighted by molar-refractivity contribution is 0.262. The molecule has 0 N–H and O–H groups in total. The van der Waals surface area contributed by atoms with Gasteiger partial charge < -0.3 is 0 Å². The third kappa shape index (κ3) is 2.50. The number of nitrogens with zero attached hydrogens (tertiary/aromatic N) is 1. The molecule has 1 saturated heterocycles. The minimum atomic E-state index is -0.346. The average molecular weight is 262 g/mol. The molecule has 88 valence electrons. The van der Waals surface area contributed by atoms with Gasteiger partial charge in [-0.3, -0.25) is 4.90 Å². The summed E-state index contributed by atoms with van der Waals surface area (Å²) in [6, 6.07) is 5.35. The van der Waals surface area contributed by atoms with E-state index in [2.05, 4.69) is 4.90 Å². The van der Waals surface area contributed by atoms with E-state index in [1.807, 2.05) is 6.07 Å². The molecule has 1 fully saturated rings. The van der Waals surface area contributed by atoms with Gasteiger partial charge in [-0.05, 0) is 31.0 Å². The third-order valence-electron chi connectivity index (χ3n) is 3.08. The lowest BCUT2D eigenvalue weighted by Crippen LogP contribution is -2.30. The molecule has 0 bridgehead atoms. The van der Waals surface area contributed by atoms with E-state index in [1.54, 1.807) is 6.07 Å². The fraction of sp³-hybridized carbons (Fsp3) is 0.500. The van der Waals surface area contributed by atoms with Crippen molar-refractivity contribution in [2.45, 2.75) is 25.4 Å². The van der Waals surface area contributed by atoms with Crippen LogP contribution in [-0.4, -0.2) is 23.4 Å². The molecule has 1 heterocycles. The Labute approximate surface area is 105 Å². The van der Waals surface area contributed by atoms with Crippen LogP contribution in [0.1, 0.15) is 18.4 Å². The molecular weight excluding hydrogens is 248 g/mol. The molecule has 0 amide bonds. The van der Waals surface area contributed by atoms with E-state index in [-0.39, 0.29) is 10.8 Å². The molecule has 0 radical (unpaired) electrons. The summed E-state index contributed by atoms with van der Waals surface area (Å²) in [6.45, 7) is 1.71. The molecule has 1 aliphatic rings. The smallest absolute Gasteiger partial charge is 0.142 e. The van der Waals surface area contributed by atoms with Crippen molar-refractivity contribution in [2.24, 2.45) is 0 Å². The number of rotatable bonds is 3. The van der Waals surface area contributed by atoms with Crippen molar-refractivity contribution in [3.05, 3.63) is 34.6 Å². The monoisotopic (exact) mass is 261 g/mol. The molecule has 1 aromatic carbocycles. The number of benzene rings is 1. The summed E-state index contributed by atoms with van der Waals surface area (Å²) in [7, 11) is 0. The van der Waals surface area contributed by atoms with Crippen LogP contribution in [0.15, 0.2) is 18.2 Å². The van der Waals surface area contributed by atoms with Crippen LogP contribution in [0.2, 0.25) is 5.02 Å². The Bertz CT molecular complexity index is 370. The van der Waals surface area contributed by atoms with E-state index in [4.69, 9.17) is 23.2 Å². The van der Waals surface area contributed by atoms with Crippen molar-refractivity contribution in [3.63, 3.8) is 0 Å². The van der Waals surface area contributed by atoms with Crippen molar-refractivity contribution < 1.29 is 4.39 Å². The number of halogens is 3. The molecule has 1 atom stereocenters. The second kappa shape index (κ2) is 5.35. The second-order valence-corrected chi connectivity index (χ2v) is 4.82. The fourth-order valence-corrected chi connectivity index (χ4v) is 2.70. The molecule has 0 aliphatic carbocycles. The number of likely N-dealkylation sites (tertiary alicyclic amines) is 1. The van der Waals surface area contributed by atoms with Gasteiger partial charge in [0.1, 0.15) is 5.82 Å². The molecule has 1 aliphatic heterocycles. The summed E-state index contributed by atoms with van der Waals surface area (Å²) >= 11 is 11.8. The first kappa shape index (κ1) is 12.2. The van der Waals surface area contributed by atoms with E-state index >= 15 is 0 Å². The van der Waals surface area contributed by atoms with Gasteiger partial charge in [0.05, 0.1) is 5.02 Å². The minimum Gasteiger partial charge on any atom is -0.295 e. The Hall–Kier alpha value is -0.310. The van der Waals surface area contributed by atoms with E-state index in [0.717, 1.165) is 24.9 Å². The maximum atomic E-state index is 13.3. The molecule has 1 unspecified atom stereocenters. The SMILES string of the molecule is Fc1cccc(CN2CCCC2CCl)c1Cl. The van der Waals surface area contributed by atoms with Crippen LogP contribution >= 0.6 is 23.2 Å². The van der Waals surface area contributed by atoms with Crippen molar-refractivity contribution in [2.75, 3.05) is 12.4 Å². The quantitative estimate of drug-likeness (QED) is 0.751. The Morgan fingerprint density at radius 1 is 1.44 bits per heavy atom. The first-order valence-electron chi connectivity index (χ1n) is 5.45. The summed E-state index contributed by atoms with van der Waals surface area (Å²) in [4.78, 5) is 2.27. The van der Waals surface area contributed by atoms with Crippen LogP contribution in [0, 0.1) is 5.82 Å². The Morgan fingerprint density at radius 2 is 2.25 bits per heavy atom. The highest BCUT2D eigenvalue weighted by Crippen LogP contribution is 2.25. The molecule has 1 nitrogen and oxygen atoms in total. The molecule has 2 rings (SSSR count). The van der Waals surface area contributed by atoms with Gasteiger partial charge in [0.2, 0.25) is 0 Å². The van der Waals surface area contributed by atoms with Crippen molar-refractivity contribution in [3.8, 4) is 0 Å². The molecule has 0 saturated carbocycles. The van der Waals surface area contributed by atoms with E-state index in [0.29, 0.717) is 18.5 Å².